The third kappa shape index (κ3) is 4.20. The molecule has 1 fully saturated rings. The predicted molar refractivity (Wildman–Crippen MR) is 102 cm³/mol. The molecule has 5 unspecified atom stereocenters. The van der Waals surface area contributed by atoms with Gasteiger partial charge in [0.05, 0.1) is 0 Å². The molecular weight excluding hydrogens is 392 g/mol. The van der Waals surface area contributed by atoms with Crippen molar-refractivity contribution < 1.29 is 39.8 Å². The Bertz CT molecular complexity index is 846. The van der Waals surface area contributed by atoms with Gasteiger partial charge >= 0.3 is 5.97 Å². The van der Waals surface area contributed by atoms with Crippen molar-refractivity contribution in [1.29, 1.82) is 0 Å². The maximum atomic E-state index is 11.2. The van der Waals surface area contributed by atoms with Crippen LogP contribution in [0, 0.1) is 0 Å². The summed E-state index contributed by atoms with van der Waals surface area (Å²) >= 11 is 0. The zero-order chi connectivity index (χ0) is 21.3. The lowest BCUT2D eigenvalue weighted by atomic mass is 9.99. The van der Waals surface area contributed by atoms with E-state index in [2.05, 4.69) is 0 Å². The van der Waals surface area contributed by atoms with Crippen molar-refractivity contribution in [3.05, 3.63) is 59.7 Å². The van der Waals surface area contributed by atoms with E-state index in [4.69, 9.17) is 14.6 Å². The number of hydrogen-bond acceptors (Lipinski definition) is 7. The van der Waals surface area contributed by atoms with Crippen molar-refractivity contribution in [3.8, 4) is 11.5 Å². The van der Waals surface area contributed by atoms with E-state index >= 15 is 0 Å². The van der Waals surface area contributed by atoms with E-state index in [-0.39, 0.29) is 11.2 Å². The van der Waals surface area contributed by atoms with Gasteiger partial charge in [-0.05, 0) is 35.4 Å². The number of ether oxygens (including phenoxy) is 2. The lowest BCUT2D eigenvalue weighted by Crippen LogP contribution is -2.61. The van der Waals surface area contributed by atoms with Crippen molar-refractivity contribution >= 4 is 5.97 Å². The third-order valence-electron chi connectivity index (χ3n) is 5.23. The molecule has 0 spiro atoms. The summed E-state index contributed by atoms with van der Waals surface area (Å²) in [6.07, 6.45) is -8.27. The molecule has 0 radical (unpaired) electrons. The van der Waals surface area contributed by atoms with Gasteiger partial charge in [0.25, 0.3) is 0 Å². The summed E-state index contributed by atoms with van der Waals surface area (Å²) in [6, 6.07) is 13.8. The Morgan fingerprint density at radius 1 is 0.897 bits per heavy atom. The minimum atomic E-state index is -1.77. The van der Waals surface area contributed by atoms with Gasteiger partial charge in [-0.15, -0.1) is 0 Å². The van der Waals surface area contributed by atoms with Crippen LogP contribution in [-0.2, 0) is 14.9 Å². The molecule has 8 nitrogen and oxygen atoms in total. The molecule has 5 N–H and O–H groups in total. The quantitative estimate of drug-likeness (QED) is 0.487. The molecule has 1 saturated heterocycles. The number of carbonyl (C=O) groups is 1. The number of aromatic hydroxyl groups is 1. The van der Waals surface area contributed by atoms with Gasteiger partial charge < -0.3 is 35.0 Å². The molecule has 8 heteroatoms. The monoisotopic (exact) mass is 416 g/mol. The zero-order valence-corrected chi connectivity index (χ0v) is 16.0. The second kappa shape index (κ2) is 8.00. The topological polar surface area (TPSA) is 137 Å². The first-order valence-electron chi connectivity index (χ1n) is 9.10. The molecule has 1 aliphatic rings. The summed E-state index contributed by atoms with van der Waals surface area (Å²) in [5.74, 6) is -0.985. The molecule has 0 amide bonds. The second-order valence-corrected chi connectivity index (χ2v) is 7.55. The third-order valence-corrected chi connectivity index (χ3v) is 5.23. The van der Waals surface area contributed by atoms with Crippen LogP contribution in [0.1, 0.15) is 25.0 Å². The van der Waals surface area contributed by atoms with Crippen molar-refractivity contribution in [2.75, 3.05) is 0 Å². The number of aliphatic hydroxyl groups is 3. The second-order valence-electron chi connectivity index (χ2n) is 7.55. The van der Waals surface area contributed by atoms with Crippen molar-refractivity contribution in [3.63, 3.8) is 0 Å². The highest BCUT2D eigenvalue weighted by atomic mass is 16.7. The van der Waals surface area contributed by atoms with Crippen molar-refractivity contribution in [2.24, 2.45) is 0 Å². The fraction of sp³-hybridized carbons (Fsp3) is 0.381. The van der Waals surface area contributed by atoms with Gasteiger partial charge in [0.1, 0.15) is 29.8 Å². The Kier molecular flexibility index (Phi) is 5.81. The number of phenols is 1. The van der Waals surface area contributed by atoms with Gasteiger partial charge in [0, 0.05) is 5.41 Å². The van der Waals surface area contributed by atoms with E-state index in [0.717, 1.165) is 11.1 Å². The smallest absolute Gasteiger partial charge is 0.335 e. The first-order chi connectivity index (χ1) is 13.6. The normalized spacial score (nSPS) is 27.4. The van der Waals surface area contributed by atoms with Crippen LogP contribution in [0.2, 0.25) is 0 Å². The molecule has 3 rings (SSSR count). The van der Waals surface area contributed by atoms with Gasteiger partial charge in [-0.3, -0.25) is 0 Å². The lowest BCUT2D eigenvalue weighted by Gasteiger charge is -2.38. The van der Waals surface area contributed by atoms with Crippen molar-refractivity contribution in [2.45, 2.75) is 50.0 Å². The number of phenolic OH excluding ortho intramolecular Hbond substituents is 1. The number of rotatable bonds is 5. The van der Waals surface area contributed by atoms with E-state index in [0.29, 0.717) is 5.75 Å². The van der Waals surface area contributed by atoms with Crippen LogP contribution in [0.5, 0.6) is 11.5 Å². The molecule has 2 aromatic carbocycles. The van der Waals surface area contributed by atoms with E-state index in [9.17, 15) is 25.2 Å². The molecule has 1 aliphatic heterocycles. The van der Waals surface area contributed by atoms with Crippen LogP contribution in [0.25, 0.3) is 0 Å². The summed E-state index contributed by atoms with van der Waals surface area (Å²) in [5.41, 5.74) is 1.60. The number of benzene rings is 2. The highest BCUT2D eigenvalue weighted by molar-refractivity contribution is 5.73. The van der Waals surface area contributed by atoms with Crippen LogP contribution in [-0.4, -0.2) is 62.2 Å². The van der Waals surface area contributed by atoms with Crippen LogP contribution >= 0.6 is 0 Å². The summed E-state index contributed by atoms with van der Waals surface area (Å²) in [5, 5.41) is 48.2. The lowest BCUT2D eigenvalue weighted by molar-refractivity contribution is -0.271. The van der Waals surface area contributed by atoms with Gasteiger partial charge in [-0.1, -0.05) is 38.1 Å². The van der Waals surface area contributed by atoms with Crippen molar-refractivity contribution in [1.82, 2.24) is 0 Å². The Labute approximate surface area is 167 Å². The standard InChI is InChI=1S/C21H24O8/c1-21(2,11-3-7-13(22)8-4-11)12-5-9-14(10-6-12)28-20-17(25)15(23)16(24)18(29-20)19(26)27/h3-10,15-18,20,22-25H,1-2H3,(H,26,27)/i3+1,4+1,5+1,6+1,7+1,8+1,9+1,10+1,11+1,12+1,13+1,14+1. The van der Waals surface area contributed by atoms with E-state index in [1.165, 1.54) is 0 Å². The molecule has 2 aromatic rings. The first kappa shape index (κ1) is 21.1. The van der Waals surface area contributed by atoms with Gasteiger partial charge in [-0.25, -0.2) is 4.79 Å². The molecule has 5 atom stereocenters. The summed E-state index contributed by atoms with van der Waals surface area (Å²) in [6.45, 7) is 4.05. The van der Waals surface area contributed by atoms with Gasteiger partial charge in [0.2, 0.25) is 6.29 Å². The number of carboxylic acid groups (broad SMARTS) is 1. The number of carboxylic acids is 1. The van der Waals surface area contributed by atoms with E-state index < -0.39 is 36.7 Å². The minimum Gasteiger partial charge on any atom is -0.508 e. The van der Waals surface area contributed by atoms with E-state index in [1.807, 2.05) is 38.1 Å². The number of aliphatic carboxylic acids is 1. The van der Waals surface area contributed by atoms with E-state index in [1.54, 1.807) is 24.3 Å². The Morgan fingerprint density at radius 3 is 1.93 bits per heavy atom. The summed E-state index contributed by atoms with van der Waals surface area (Å²) in [7, 11) is 0. The molecule has 0 bridgehead atoms. The van der Waals surface area contributed by atoms with Crippen LogP contribution in [0.3, 0.4) is 0 Å². The molecule has 1 heterocycles. The molecule has 0 aliphatic carbocycles. The SMILES string of the molecule is CC(C)([13c]1[13cH][13cH][13c](O)[13cH][13cH]1)[13c]1[13cH][13cH][13c](OC2OC(C(=O)O)C(O)C(O)C2O)[13cH][13cH]1. The average molecular weight is 416 g/mol. The highest BCUT2D eigenvalue weighted by Crippen LogP contribution is 2.33. The molecule has 0 aromatic heterocycles. The predicted octanol–water partition coefficient (Wildman–Crippen LogP) is 0.989. The van der Waals surface area contributed by atoms with Crippen LogP contribution < -0.4 is 4.74 Å². The van der Waals surface area contributed by atoms with Gasteiger partial charge in [0.15, 0.2) is 6.10 Å². The zero-order valence-electron chi connectivity index (χ0n) is 16.0. The minimum absolute atomic E-state index is 0.186. The number of aliphatic hydroxyl groups excluding tert-OH is 3. The highest BCUT2D eigenvalue weighted by Gasteiger charge is 2.48. The number of hydrogen-bond donors (Lipinski definition) is 5. The fourth-order valence-electron chi connectivity index (χ4n) is 3.28. The molecule has 29 heavy (non-hydrogen) atoms. The Hall–Kier alpha value is -2.65. The summed E-state index contributed by atoms with van der Waals surface area (Å²) < 4.78 is 10.6. The summed E-state index contributed by atoms with van der Waals surface area (Å²) in [4.78, 5) is 11.2. The van der Waals surface area contributed by atoms with Crippen LogP contribution in [0.15, 0.2) is 48.5 Å². The molecular formula is C21H24O8. The molecule has 156 valence electrons. The maximum Gasteiger partial charge on any atom is 0.335 e. The average Bonchev–Trinajstić information content (AvgIpc) is 2.69. The maximum absolute atomic E-state index is 11.2. The van der Waals surface area contributed by atoms with Gasteiger partial charge in [-0.2, -0.15) is 0 Å². The Balaban J connectivity index is 1.76. The Morgan fingerprint density at radius 2 is 1.41 bits per heavy atom. The molecule has 0 saturated carbocycles. The first-order valence-corrected chi connectivity index (χ1v) is 9.10. The van der Waals surface area contributed by atoms with Crippen LogP contribution in [0.4, 0.5) is 0 Å². The largest absolute Gasteiger partial charge is 0.508 e. The fourth-order valence-corrected chi connectivity index (χ4v) is 3.28.